The molecule has 0 unspecified atom stereocenters. The van der Waals surface area contributed by atoms with Crippen molar-refractivity contribution in [2.75, 3.05) is 13.2 Å². The highest BCUT2D eigenvalue weighted by atomic mass is 16.5. The lowest BCUT2D eigenvalue weighted by atomic mass is 10.1. The molecule has 3 nitrogen and oxygen atoms in total. The van der Waals surface area contributed by atoms with E-state index in [0.29, 0.717) is 24.3 Å². The largest absolute Gasteiger partial charge is 0.493 e. The molecule has 76 valence electrons. The third kappa shape index (κ3) is 2.85. The van der Waals surface area contributed by atoms with Crippen LogP contribution in [0, 0.1) is 6.92 Å². The van der Waals surface area contributed by atoms with E-state index in [4.69, 9.17) is 9.84 Å². The molecule has 0 heterocycles. The zero-order valence-corrected chi connectivity index (χ0v) is 8.19. The van der Waals surface area contributed by atoms with E-state index in [1.165, 1.54) is 0 Å². The van der Waals surface area contributed by atoms with E-state index in [-0.39, 0.29) is 6.61 Å². The first kappa shape index (κ1) is 10.7. The summed E-state index contributed by atoms with van der Waals surface area (Å²) in [6.07, 6.45) is 1.39. The van der Waals surface area contributed by atoms with Crippen molar-refractivity contribution in [3.63, 3.8) is 0 Å². The zero-order chi connectivity index (χ0) is 10.4. The minimum absolute atomic E-state index is 0.117. The van der Waals surface area contributed by atoms with E-state index >= 15 is 0 Å². The molecule has 1 aromatic carbocycles. The molecule has 0 amide bonds. The SMILES string of the molecule is Cc1ccc(C=O)cc1OCCCO. The highest BCUT2D eigenvalue weighted by Crippen LogP contribution is 2.18. The highest BCUT2D eigenvalue weighted by molar-refractivity contribution is 5.75. The smallest absolute Gasteiger partial charge is 0.150 e. The Morgan fingerprint density at radius 3 is 2.93 bits per heavy atom. The Kier molecular flexibility index (Phi) is 4.13. The maximum Gasteiger partial charge on any atom is 0.150 e. The lowest BCUT2D eigenvalue weighted by molar-refractivity contribution is 0.112. The van der Waals surface area contributed by atoms with Gasteiger partial charge in [-0.25, -0.2) is 0 Å². The molecule has 1 aromatic rings. The standard InChI is InChI=1S/C11H14O3/c1-9-3-4-10(8-13)7-11(9)14-6-2-5-12/h3-4,7-8,12H,2,5-6H2,1H3. The molecule has 0 aliphatic heterocycles. The van der Waals surface area contributed by atoms with Crippen LogP contribution in [-0.4, -0.2) is 24.6 Å². The van der Waals surface area contributed by atoms with Crippen LogP contribution in [0.3, 0.4) is 0 Å². The topological polar surface area (TPSA) is 46.5 Å². The van der Waals surface area contributed by atoms with Gasteiger partial charge in [0.15, 0.2) is 0 Å². The lowest BCUT2D eigenvalue weighted by Gasteiger charge is -2.08. The van der Waals surface area contributed by atoms with Crippen molar-refractivity contribution in [3.05, 3.63) is 29.3 Å². The number of aliphatic hydroxyl groups is 1. The van der Waals surface area contributed by atoms with Crippen LogP contribution >= 0.6 is 0 Å². The summed E-state index contributed by atoms with van der Waals surface area (Å²) >= 11 is 0. The van der Waals surface area contributed by atoms with Gasteiger partial charge < -0.3 is 9.84 Å². The van der Waals surface area contributed by atoms with E-state index < -0.39 is 0 Å². The van der Waals surface area contributed by atoms with E-state index in [9.17, 15) is 4.79 Å². The maximum atomic E-state index is 10.5. The molecule has 1 N–H and O–H groups in total. The fourth-order valence-electron chi connectivity index (χ4n) is 1.09. The van der Waals surface area contributed by atoms with Crippen molar-refractivity contribution in [1.29, 1.82) is 0 Å². The van der Waals surface area contributed by atoms with Gasteiger partial charge in [0.05, 0.1) is 6.61 Å². The quantitative estimate of drug-likeness (QED) is 0.571. The molecule has 0 radical (unpaired) electrons. The monoisotopic (exact) mass is 194 g/mol. The molecule has 0 spiro atoms. The predicted molar refractivity (Wildman–Crippen MR) is 53.8 cm³/mol. The van der Waals surface area contributed by atoms with Gasteiger partial charge in [-0.1, -0.05) is 12.1 Å². The van der Waals surface area contributed by atoms with Gasteiger partial charge in [0.25, 0.3) is 0 Å². The number of aryl methyl sites for hydroxylation is 1. The lowest BCUT2D eigenvalue weighted by Crippen LogP contribution is -2.01. The van der Waals surface area contributed by atoms with Crippen molar-refractivity contribution in [2.45, 2.75) is 13.3 Å². The summed E-state index contributed by atoms with van der Waals surface area (Å²) in [6, 6.07) is 5.30. The Bertz CT molecular complexity index is 307. The molecule has 0 bridgehead atoms. The highest BCUT2D eigenvalue weighted by Gasteiger charge is 2.00. The van der Waals surface area contributed by atoms with Gasteiger partial charge in [-0.2, -0.15) is 0 Å². The van der Waals surface area contributed by atoms with Crippen molar-refractivity contribution >= 4 is 6.29 Å². The van der Waals surface area contributed by atoms with Gasteiger partial charge in [-0.3, -0.25) is 4.79 Å². The molecule has 0 saturated carbocycles. The van der Waals surface area contributed by atoms with Crippen LogP contribution in [-0.2, 0) is 0 Å². The van der Waals surface area contributed by atoms with Gasteiger partial charge in [-0.05, 0) is 18.6 Å². The predicted octanol–water partition coefficient (Wildman–Crippen LogP) is 1.57. The van der Waals surface area contributed by atoms with Crippen LogP contribution in [0.4, 0.5) is 0 Å². The molecular weight excluding hydrogens is 180 g/mol. The number of aldehydes is 1. The molecule has 0 fully saturated rings. The van der Waals surface area contributed by atoms with Crippen LogP contribution in [0.15, 0.2) is 18.2 Å². The fourth-order valence-corrected chi connectivity index (χ4v) is 1.09. The fraction of sp³-hybridized carbons (Fsp3) is 0.364. The molecule has 1 rings (SSSR count). The van der Waals surface area contributed by atoms with E-state index in [2.05, 4.69) is 0 Å². The number of rotatable bonds is 5. The van der Waals surface area contributed by atoms with Gasteiger partial charge in [-0.15, -0.1) is 0 Å². The summed E-state index contributed by atoms with van der Waals surface area (Å²) in [4.78, 5) is 10.5. The van der Waals surface area contributed by atoms with E-state index in [0.717, 1.165) is 11.8 Å². The van der Waals surface area contributed by atoms with Crippen LogP contribution < -0.4 is 4.74 Å². The first-order valence-electron chi connectivity index (χ1n) is 4.57. The Balaban J connectivity index is 2.68. The molecule has 0 aromatic heterocycles. The summed E-state index contributed by atoms with van der Waals surface area (Å²) < 4.78 is 5.40. The molecule has 0 atom stereocenters. The molecule has 0 saturated heterocycles. The summed E-state index contributed by atoms with van der Waals surface area (Å²) in [5.41, 5.74) is 1.60. The Morgan fingerprint density at radius 1 is 1.50 bits per heavy atom. The molecule has 3 heteroatoms. The molecule has 0 aliphatic rings. The van der Waals surface area contributed by atoms with E-state index in [1.54, 1.807) is 12.1 Å². The number of carbonyl (C=O) groups excluding carboxylic acids is 1. The van der Waals surface area contributed by atoms with Gasteiger partial charge in [0.2, 0.25) is 0 Å². The van der Waals surface area contributed by atoms with Crippen molar-refractivity contribution in [1.82, 2.24) is 0 Å². The minimum Gasteiger partial charge on any atom is -0.493 e. The van der Waals surface area contributed by atoms with Gasteiger partial charge in [0.1, 0.15) is 12.0 Å². The Hall–Kier alpha value is -1.35. The minimum atomic E-state index is 0.117. The van der Waals surface area contributed by atoms with Crippen LogP contribution in [0.1, 0.15) is 22.3 Å². The third-order valence-corrected chi connectivity index (χ3v) is 1.91. The summed E-state index contributed by atoms with van der Waals surface area (Å²) in [5, 5.41) is 8.58. The van der Waals surface area contributed by atoms with E-state index in [1.807, 2.05) is 13.0 Å². The number of benzene rings is 1. The van der Waals surface area contributed by atoms with Crippen LogP contribution in [0.5, 0.6) is 5.75 Å². The molecular formula is C11H14O3. The second kappa shape index (κ2) is 5.40. The Labute approximate surface area is 83.3 Å². The van der Waals surface area contributed by atoms with Crippen LogP contribution in [0.25, 0.3) is 0 Å². The van der Waals surface area contributed by atoms with Crippen molar-refractivity contribution in [2.24, 2.45) is 0 Å². The van der Waals surface area contributed by atoms with Crippen molar-refractivity contribution in [3.8, 4) is 5.75 Å². The van der Waals surface area contributed by atoms with Crippen LogP contribution in [0.2, 0.25) is 0 Å². The normalized spacial score (nSPS) is 9.86. The summed E-state index contributed by atoms with van der Waals surface area (Å²) in [6.45, 7) is 2.51. The molecule has 14 heavy (non-hydrogen) atoms. The van der Waals surface area contributed by atoms with Gasteiger partial charge >= 0.3 is 0 Å². The average Bonchev–Trinajstić information content (AvgIpc) is 2.21. The zero-order valence-electron chi connectivity index (χ0n) is 8.19. The number of aliphatic hydroxyl groups excluding tert-OH is 1. The number of hydrogen-bond acceptors (Lipinski definition) is 3. The molecule has 0 aliphatic carbocycles. The summed E-state index contributed by atoms with van der Waals surface area (Å²) in [7, 11) is 0. The Morgan fingerprint density at radius 2 is 2.29 bits per heavy atom. The first-order valence-corrected chi connectivity index (χ1v) is 4.57. The second-order valence-electron chi connectivity index (χ2n) is 3.07. The van der Waals surface area contributed by atoms with Gasteiger partial charge in [0, 0.05) is 18.6 Å². The maximum absolute atomic E-state index is 10.5. The number of carbonyl (C=O) groups is 1. The first-order chi connectivity index (χ1) is 6.77. The summed E-state index contributed by atoms with van der Waals surface area (Å²) in [5.74, 6) is 0.711. The second-order valence-corrected chi connectivity index (χ2v) is 3.07. The number of hydrogen-bond donors (Lipinski definition) is 1. The third-order valence-electron chi connectivity index (χ3n) is 1.91. The average molecular weight is 194 g/mol. The van der Waals surface area contributed by atoms with Crippen molar-refractivity contribution < 1.29 is 14.6 Å². The number of ether oxygens (including phenoxy) is 1.